The highest BCUT2D eigenvalue weighted by molar-refractivity contribution is 5.77. The summed E-state index contributed by atoms with van der Waals surface area (Å²) >= 11 is 0. The Kier molecular flexibility index (Phi) is 5.18. The van der Waals surface area contributed by atoms with Crippen LogP contribution in [0, 0.1) is 16.7 Å². The summed E-state index contributed by atoms with van der Waals surface area (Å²) in [6.45, 7) is 5.67. The maximum absolute atomic E-state index is 11.0. The van der Waals surface area contributed by atoms with E-state index in [1.54, 1.807) is 0 Å². The van der Waals surface area contributed by atoms with Gasteiger partial charge in [-0.15, -0.1) is 0 Å². The van der Waals surface area contributed by atoms with E-state index in [4.69, 9.17) is 5.26 Å². The number of nitrogens with one attached hydrogen (secondary N) is 1. The molecule has 0 saturated heterocycles. The zero-order chi connectivity index (χ0) is 11.2. The number of carbonyl (C=O) groups excluding carboxylic acids is 1. The maximum atomic E-state index is 11.0. The number of nitrogens with zero attached hydrogens (tertiary/aromatic N) is 2. The summed E-state index contributed by atoms with van der Waals surface area (Å²) in [5.74, 6) is -0.195. The molecule has 0 aliphatic carbocycles. The first-order chi connectivity index (χ1) is 6.37. The molecule has 0 aromatic rings. The Morgan fingerprint density at radius 2 is 2.07 bits per heavy atom. The van der Waals surface area contributed by atoms with Crippen molar-refractivity contribution in [1.29, 1.82) is 5.26 Å². The van der Waals surface area contributed by atoms with Crippen molar-refractivity contribution in [1.82, 2.24) is 10.2 Å². The van der Waals surface area contributed by atoms with Crippen molar-refractivity contribution < 1.29 is 4.79 Å². The van der Waals surface area contributed by atoms with E-state index in [9.17, 15) is 4.79 Å². The Hall–Kier alpha value is -1.08. The summed E-state index contributed by atoms with van der Waals surface area (Å²) in [7, 11) is 4.00. The van der Waals surface area contributed by atoms with Gasteiger partial charge in [0.05, 0.1) is 6.07 Å². The molecule has 0 atom stereocenters. The first-order valence-corrected chi connectivity index (χ1v) is 4.66. The zero-order valence-electron chi connectivity index (χ0n) is 9.42. The van der Waals surface area contributed by atoms with Crippen LogP contribution in [0.25, 0.3) is 0 Å². The quantitative estimate of drug-likeness (QED) is 0.702. The minimum atomic E-state index is -0.195. The molecule has 1 N–H and O–H groups in total. The summed E-state index contributed by atoms with van der Waals surface area (Å²) in [5.41, 5.74) is 0.0363. The smallest absolute Gasteiger partial charge is 0.234 e. The molecule has 1 amide bonds. The fourth-order valence-corrected chi connectivity index (χ4v) is 1.38. The molecule has 0 fully saturated rings. The standard InChI is InChI=1S/C10H19N3O/c1-10(2,8-13(3)4)7-12-9(14)5-6-11/h5,7-8H2,1-4H3,(H,12,14). The van der Waals surface area contributed by atoms with E-state index in [0.717, 1.165) is 6.54 Å². The van der Waals surface area contributed by atoms with Crippen LogP contribution < -0.4 is 5.32 Å². The van der Waals surface area contributed by atoms with Crippen molar-refractivity contribution in [3.63, 3.8) is 0 Å². The lowest BCUT2D eigenvalue weighted by molar-refractivity contribution is -0.120. The Balaban J connectivity index is 3.87. The second-order valence-corrected chi connectivity index (χ2v) is 4.51. The van der Waals surface area contributed by atoms with Crippen molar-refractivity contribution in [3.05, 3.63) is 0 Å². The van der Waals surface area contributed by atoms with Gasteiger partial charge in [-0.3, -0.25) is 4.79 Å². The average Bonchev–Trinajstić information content (AvgIpc) is 1.99. The van der Waals surface area contributed by atoms with Gasteiger partial charge in [0.1, 0.15) is 6.42 Å². The molecule has 0 bridgehead atoms. The van der Waals surface area contributed by atoms with Gasteiger partial charge in [-0.05, 0) is 19.5 Å². The molecule has 0 aliphatic rings. The van der Waals surface area contributed by atoms with Gasteiger partial charge >= 0.3 is 0 Å². The third-order valence-corrected chi connectivity index (χ3v) is 1.75. The number of nitriles is 1. The van der Waals surface area contributed by atoms with Crippen molar-refractivity contribution >= 4 is 5.91 Å². The van der Waals surface area contributed by atoms with Crippen molar-refractivity contribution in [3.8, 4) is 6.07 Å². The van der Waals surface area contributed by atoms with E-state index in [1.165, 1.54) is 0 Å². The SMILES string of the molecule is CN(C)CC(C)(C)CNC(=O)CC#N. The number of hydrogen-bond acceptors (Lipinski definition) is 3. The largest absolute Gasteiger partial charge is 0.355 e. The fraction of sp³-hybridized carbons (Fsp3) is 0.800. The monoisotopic (exact) mass is 197 g/mol. The van der Waals surface area contributed by atoms with Crippen LogP contribution in [0.1, 0.15) is 20.3 Å². The average molecular weight is 197 g/mol. The van der Waals surface area contributed by atoms with Crippen molar-refractivity contribution in [2.45, 2.75) is 20.3 Å². The van der Waals surface area contributed by atoms with Gasteiger partial charge in [-0.2, -0.15) is 5.26 Å². The first-order valence-electron chi connectivity index (χ1n) is 4.66. The van der Waals surface area contributed by atoms with Gasteiger partial charge in [-0.25, -0.2) is 0 Å². The maximum Gasteiger partial charge on any atom is 0.234 e. The van der Waals surface area contributed by atoms with Gasteiger partial charge in [0, 0.05) is 13.1 Å². The molecule has 0 unspecified atom stereocenters. The molecule has 0 rings (SSSR count). The van der Waals surface area contributed by atoms with Gasteiger partial charge in [0.2, 0.25) is 5.91 Å². The highest BCUT2D eigenvalue weighted by atomic mass is 16.1. The molecule has 0 spiro atoms. The lowest BCUT2D eigenvalue weighted by Crippen LogP contribution is -2.39. The lowest BCUT2D eigenvalue weighted by atomic mass is 9.93. The van der Waals surface area contributed by atoms with Gasteiger partial charge in [0.15, 0.2) is 0 Å². The van der Waals surface area contributed by atoms with E-state index < -0.39 is 0 Å². The summed E-state index contributed by atoms with van der Waals surface area (Å²) in [4.78, 5) is 13.1. The predicted molar refractivity (Wildman–Crippen MR) is 55.6 cm³/mol. The molecule has 4 heteroatoms. The van der Waals surface area contributed by atoms with E-state index in [1.807, 2.05) is 20.2 Å². The lowest BCUT2D eigenvalue weighted by Gasteiger charge is -2.28. The van der Waals surface area contributed by atoms with Crippen LogP contribution in [0.4, 0.5) is 0 Å². The zero-order valence-corrected chi connectivity index (χ0v) is 9.42. The second kappa shape index (κ2) is 5.61. The van der Waals surface area contributed by atoms with E-state index in [2.05, 4.69) is 24.1 Å². The molecule has 0 aliphatic heterocycles. The molecule has 0 aromatic carbocycles. The topological polar surface area (TPSA) is 56.1 Å². The molecular weight excluding hydrogens is 178 g/mol. The number of hydrogen-bond donors (Lipinski definition) is 1. The Bertz CT molecular complexity index is 228. The van der Waals surface area contributed by atoms with E-state index in [0.29, 0.717) is 6.54 Å². The van der Waals surface area contributed by atoms with Crippen LogP contribution in [0.5, 0.6) is 0 Å². The van der Waals surface area contributed by atoms with Crippen LogP contribution in [0.3, 0.4) is 0 Å². The Morgan fingerprint density at radius 3 is 2.50 bits per heavy atom. The normalized spacial score (nSPS) is 11.1. The first kappa shape index (κ1) is 12.9. The molecule has 14 heavy (non-hydrogen) atoms. The van der Waals surface area contributed by atoms with Gasteiger partial charge < -0.3 is 10.2 Å². The molecule has 0 heterocycles. The molecule has 4 nitrogen and oxygen atoms in total. The summed E-state index contributed by atoms with van der Waals surface area (Å²) in [6.07, 6.45) is -0.0575. The third kappa shape index (κ3) is 6.44. The van der Waals surface area contributed by atoms with E-state index in [-0.39, 0.29) is 17.7 Å². The van der Waals surface area contributed by atoms with Crippen LogP contribution in [0.15, 0.2) is 0 Å². The summed E-state index contributed by atoms with van der Waals surface area (Å²) < 4.78 is 0. The summed E-state index contributed by atoms with van der Waals surface area (Å²) in [6, 6.07) is 1.82. The van der Waals surface area contributed by atoms with Crippen LogP contribution in [0.2, 0.25) is 0 Å². The molecular formula is C10H19N3O. The van der Waals surface area contributed by atoms with Crippen molar-refractivity contribution in [2.75, 3.05) is 27.2 Å². The molecule has 0 aromatic heterocycles. The number of amides is 1. The van der Waals surface area contributed by atoms with Gasteiger partial charge in [0.25, 0.3) is 0 Å². The van der Waals surface area contributed by atoms with Crippen LogP contribution >= 0.6 is 0 Å². The van der Waals surface area contributed by atoms with Gasteiger partial charge in [-0.1, -0.05) is 13.8 Å². The second-order valence-electron chi connectivity index (χ2n) is 4.51. The molecule has 80 valence electrons. The Labute approximate surface area is 85.9 Å². The van der Waals surface area contributed by atoms with Crippen LogP contribution in [-0.4, -0.2) is 38.0 Å². The highest BCUT2D eigenvalue weighted by Gasteiger charge is 2.19. The van der Waals surface area contributed by atoms with E-state index >= 15 is 0 Å². The third-order valence-electron chi connectivity index (χ3n) is 1.75. The Morgan fingerprint density at radius 1 is 1.50 bits per heavy atom. The summed E-state index contributed by atoms with van der Waals surface area (Å²) in [5, 5.41) is 11.0. The van der Waals surface area contributed by atoms with Crippen molar-refractivity contribution in [2.24, 2.45) is 5.41 Å². The number of rotatable bonds is 5. The minimum Gasteiger partial charge on any atom is -0.355 e. The highest BCUT2D eigenvalue weighted by Crippen LogP contribution is 2.13. The number of carbonyl (C=O) groups is 1. The van der Waals surface area contributed by atoms with Crippen LogP contribution in [-0.2, 0) is 4.79 Å². The predicted octanol–water partition coefficient (Wildman–Crippen LogP) is 0.604. The molecule has 0 saturated carbocycles. The molecule has 0 radical (unpaired) electrons. The fourth-order valence-electron chi connectivity index (χ4n) is 1.38. The minimum absolute atomic E-state index is 0.0363.